The quantitative estimate of drug-likeness (QED) is 0.224. The van der Waals surface area contributed by atoms with Gasteiger partial charge in [-0.3, -0.25) is 4.99 Å². The van der Waals surface area contributed by atoms with Crippen LogP contribution in [0.1, 0.15) is 46.5 Å². The van der Waals surface area contributed by atoms with Gasteiger partial charge in [-0.2, -0.15) is 0 Å². The molecule has 0 aromatic carbocycles. The Morgan fingerprint density at radius 1 is 1.30 bits per heavy atom. The lowest BCUT2D eigenvalue weighted by Crippen LogP contribution is -2.41. The summed E-state index contributed by atoms with van der Waals surface area (Å²) in [5.41, 5.74) is -0.0933. The van der Waals surface area contributed by atoms with Crippen molar-refractivity contribution in [1.29, 1.82) is 0 Å². The van der Waals surface area contributed by atoms with Crippen molar-refractivity contribution in [3.8, 4) is 0 Å². The van der Waals surface area contributed by atoms with Crippen LogP contribution in [0.15, 0.2) is 4.99 Å². The molecule has 0 unspecified atom stereocenters. The molecule has 2 N–H and O–H groups in total. The number of aliphatic hydroxyl groups is 1. The van der Waals surface area contributed by atoms with E-state index in [9.17, 15) is 5.11 Å². The fraction of sp³-hybridized carbons (Fsp3) is 0.941. The summed E-state index contributed by atoms with van der Waals surface area (Å²) < 4.78 is 5.70. The summed E-state index contributed by atoms with van der Waals surface area (Å²) in [5.74, 6) is 1.71. The third kappa shape index (κ3) is 8.54. The monoisotopic (exact) mass is 441 g/mol. The van der Waals surface area contributed by atoms with Gasteiger partial charge in [-0.15, -0.1) is 24.0 Å². The molecule has 0 saturated heterocycles. The van der Waals surface area contributed by atoms with Gasteiger partial charge in [0.15, 0.2) is 5.96 Å². The smallest absolute Gasteiger partial charge is 0.193 e. The molecule has 0 bridgehead atoms. The second-order valence-electron chi connectivity index (χ2n) is 6.48. The van der Waals surface area contributed by atoms with E-state index in [0.29, 0.717) is 6.54 Å². The van der Waals surface area contributed by atoms with Gasteiger partial charge in [0, 0.05) is 32.2 Å². The summed E-state index contributed by atoms with van der Waals surface area (Å²) in [7, 11) is 2.04. The Morgan fingerprint density at radius 3 is 2.43 bits per heavy atom. The van der Waals surface area contributed by atoms with E-state index in [1.807, 2.05) is 7.05 Å². The fourth-order valence-electron chi connectivity index (χ4n) is 2.30. The minimum absolute atomic E-state index is 0. The first-order chi connectivity index (χ1) is 10.6. The summed E-state index contributed by atoms with van der Waals surface area (Å²) in [6.45, 7) is 10.5. The number of likely N-dealkylation sites (N-methyl/N-ethyl adjacent to an activating group) is 1. The van der Waals surface area contributed by atoms with Crippen molar-refractivity contribution < 1.29 is 9.84 Å². The third-order valence-corrected chi connectivity index (χ3v) is 4.72. The maximum Gasteiger partial charge on any atom is 0.193 e. The molecule has 0 radical (unpaired) electrons. The third-order valence-electron chi connectivity index (χ3n) is 4.72. The van der Waals surface area contributed by atoms with Gasteiger partial charge in [-0.05, 0) is 38.5 Å². The summed E-state index contributed by atoms with van der Waals surface area (Å²) in [6, 6.07) is 0. The minimum Gasteiger partial charge on any atom is -0.396 e. The van der Waals surface area contributed by atoms with E-state index in [4.69, 9.17) is 9.73 Å². The van der Waals surface area contributed by atoms with Crippen LogP contribution in [0.25, 0.3) is 0 Å². The van der Waals surface area contributed by atoms with E-state index in [0.717, 1.165) is 51.0 Å². The number of aliphatic hydroxyl groups excluding tert-OH is 1. The first-order valence-electron chi connectivity index (χ1n) is 8.78. The molecular weight excluding hydrogens is 405 g/mol. The van der Waals surface area contributed by atoms with Crippen LogP contribution < -0.4 is 5.32 Å². The molecule has 6 heteroatoms. The number of ether oxygens (including phenoxy) is 1. The van der Waals surface area contributed by atoms with Gasteiger partial charge >= 0.3 is 0 Å². The number of aliphatic imine (C=N–C) groups is 1. The van der Waals surface area contributed by atoms with Gasteiger partial charge < -0.3 is 20.1 Å². The first kappa shape index (κ1) is 22.9. The molecule has 5 nitrogen and oxygen atoms in total. The van der Waals surface area contributed by atoms with Crippen LogP contribution in [0.4, 0.5) is 0 Å². The van der Waals surface area contributed by atoms with Gasteiger partial charge in [0.2, 0.25) is 0 Å². The lowest BCUT2D eigenvalue weighted by atomic mass is 9.83. The van der Waals surface area contributed by atoms with Crippen molar-refractivity contribution in [2.45, 2.75) is 46.5 Å². The molecular formula is C17H36IN3O2. The van der Waals surface area contributed by atoms with E-state index in [-0.39, 0.29) is 36.0 Å². The normalized spacial score (nSPS) is 15.3. The lowest BCUT2D eigenvalue weighted by molar-refractivity contribution is 0.114. The molecule has 0 aromatic rings. The van der Waals surface area contributed by atoms with Gasteiger partial charge in [-0.1, -0.05) is 13.8 Å². The summed E-state index contributed by atoms with van der Waals surface area (Å²) in [6.07, 6.45) is 4.54. The van der Waals surface area contributed by atoms with Gasteiger partial charge in [0.25, 0.3) is 0 Å². The highest BCUT2D eigenvalue weighted by Gasteiger charge is 2.25. The van der Waals surface area contributed by atoms with E-state index in [1.54, 1.807) is 0 Å². The van der Waals surface area contributed by atoms with Crippen LogP contribution in [-0.4, -0.2) is 62.5 Å². The number of nitrogens with zero attached hydrogens (tertiary/aromatic N) is 2. The van der Waals surface area contributed by atoms with Gasteiger partial charge in [-0.25, -0.2) is 0 Å². The standard InChI is InChI=1S/C17H35N3O2.HI/c1-5-17(6-2,14-21)13-19-16(18-7-3)20(4)10-11-22-12-15-8-9-15;/h15,21H,5-14H2,1-4H3,(H,18,19);1H. The Bertz CT molecular complexity index is 324. The molecule has 1 aliphatic rings. The predicted octanol–water partition coefficient (Wildman–Crippen LogP) is 2.73. The number of guanidine groups is 1. The summed E-state index contributed by atoms with van der Waals surface area (Å²) in [4.78, 5) is 6.86. The number of hydrogen-bond donors (Lipinski definition) is 2. The Balaban J connectivity index is 0.00000484. The van der Waals surface area contributed by atoms with Crippen LogP contribution in [0.3, 0.4) is 0 Å². The Hall–Kier alpha value is -0.0800. The van der Waals surface area contributed by atoms with Crippen LogP contribution in [0, 0.1) is 11.3 Å². The maximum atomic E-state index is 9.67. The van der Waals surface area contributed by atoms with Crippen LogP contribution in [0.2, 0.25) is 0 Å². The Kier molecular flexibility index (Phi) is 12.3. The first-order valence-corrected chi connectivity index (χ1v) is 8.78. The number of nitrogens with one attached hydrogen (secondary N) is 1. The topological polar surface area (TPSA) is 57.1 Å². The largest absolute Gasteiger partial charge is 0.396 e. The van der Waals surface area contributed by atoms with E-state index >= 15 is 0 Å². The Morgan fingerprint density at radius 2 is 1.96 bits per heavy atom. The molecule has 0 heterocycles. The second kappa shape index (κ2) is 12.3. The zero-order valence-electron chi connectivity index (χ0n) is 15.3. The zero-order chi connectivity index (χ0) is 16.4. The van der Waals surface area contributed by atoms with Crippen molar-refractivity contribution in [3.63, 3.8) is 0 Å². The summed E-state index contributed by atoms with van der Waals surface area (Å²) >= 11 is 0. The highest BCUT2D eigenvalue weighted by Crippen LogP contribution is 2.28. The number of hydrogen-bond acceptors (Lipinski definition) is 3. The number of halogens is 1. The van der Waals surface area contributed by atoms with Crippen LogP contribution in [-0.2, 0) is 4.74 Å². The highest BCUT2D eigenvalue weighted by atomic mass is 127. The van der Waals surface area contributed by atoms with Crippen molar-refractivity contribution in [3.05, 3.63) is 0 Å². The molecule has 0 aliphatic heterocycles. The Labute approximate surface area is 159 Å². The average Bonchev–Trinajstić information content (AvgIpc) is 3.36. The zero-order valence-corrected chi connectivity index (χ0v) is 17.6. The van der Waals surface area contributed by atoms with Crippen LogP contribution >= 0.6 is 24.0 Å². The average molecular weight is 441 g/mol. The lowest BCUT2D eigenvalue weighted by Gasteiger charge is -2.29. The SMILES string of the molecule is CCNC(=NCC(CC)(CC)CO)N(C)CCOCC1CC1.I. The molecule has 0 aromatic heterocycles. The fourth-order valence-corrected chi connectivity index (χ4v) is 2.30. The van der Waals surface area contributed by atoms with E-state index < -0.39 is 0 Å². The predicted molar refractivity (Wildman–Crippen MR) is 108 cm³/mol. The molecule has 0 atom stereocenters. The van der Waals surface area contributed by atoms with Gasteiger partial charge in [0.1, 0.15) is 0 Å². The van der Waals surface area contributed by atoms with Crippen molar-refractivity contribution >= 4 is 29.9 Å². The summed E-state index contributed by atoms with van der Waals surface area (Å²) in [5, 5.41) is 13.0. The molecule has 1 aliphatic carbocycles. The minimum atomic E-state index is -0.0933. The van der Waals surface area contributed by atoms with E-state index in [1.165, 1.54) is 12.8 Å². The molecule has 0 spiro atoms. The van der Waals surface area contributed by atoms with Crippen LogP contribution in [0.5, 0.6) is 0 Å². The highest BCUT2D eigenvalue weighted by molar-refractivity contribution is 14.0. The van der Waals surface area contributed by atoms with E-state index in [2.05, 4.69) is 31.0 Å². The molecule has 1 saturated carbocycles. The van der Waals surface area contributed by atoms with Crippen molar-refractivity contribution in [1.82, 2.24) is 10.2 Å². The second-order valence-corrected chi connectivity index (χ2v) is 6.48. The molecule has 0 amide bonds. The molecule has 1 rings (SSSR count). The molecule has 23 heavy (non-hydrogen) atoms. The number of rotatable bonds is 11. The van der Waals surface area contributed by atoms with Gasteiger partial charge in [0.05, 0.1) is 19.8 Å². The van der Waals surface area contributed by atoms with Crippen molar-refractivity contribution in [2.75, 3.05) is 46.5 Å². The van der Waals surface area contributed by atoms with Crippen molar-refractivity contribution in [2.24, 2.45) is 16.3 Å². The molecule has 1 fully saturated rings. The maximum absolute atomic E-state index is 9.67. The molecule has 138 valence electrons.